The molecule has 1 aromatic carbocycles. The van der Waals surface area contributed by atoms with Gasteiger partial charge >= 0.3 is 0 Å². The van der Waals surface area contributed by atoms with E-state index in [0.29, 0.717) is 6.04 Å². The summed E-state index contributed by atoms with van der Waals surface area (Å²) >= 11 is 0. The molecule has 1 aliphatic heterocycles. The largest absolute Gasteiger partial charge is 0.309 e. The van der Waals surface area contributed by atoms with Gasteiger partial charge in [0.1, 0.15) is 0 Å². The van der Waals surface area contributed by atoms with Gasteiger partial charge in [0.05, 0.1) is 0 Å². The van der Waals surface area contributed by atoms with Crippen LogP contribution in [-0.2, 0) is 6.54 Å². The SMILES string of the molecule is CCCN1CC(C)CC(NCc2ccccc2)C1. The predicted molar refractivity (Wildman–Crippen MR) is 77.6 cm³/mol. The predicted octanol–water partition coefficient (Wildman–Crippen LogP) is 2.90. The number of hydrogen-bond acceptors (Lipinski definition) is 2. The molecule has 18 heavy (non-hydrogen) atoms. The maximum Gasteiger partial charge on any atom is 0.0208 e. The summed E-state index contributed by atoms with van der Waals surface area (Å²) in [4.78, 5) is 2.61. The van der Waals surface area contributed by atoms with Gasteiger partial charge in [-0.15, -0.1) is 0 Å². The topological polar surface area (TPSA) is 15.3 Å². The minimum atomic E-state index is 0.653. The molecule has 2 heteroatoms. The van der Waals surface area contributed by atoms with E-state index in [4.69, 9.17) is 0 Å². The molecular formula is C16H26N2. The molecular weight excluding hydrogens is 220 g/mol. The molecule has 1 fully saturated rings. The van der Waals surface area contributed by atoms with Crippen LogP contribution in [0, 0.1) is 5.92 Å². The fourth-order valence-electron chi connectivity index (χ4n) is 2.97. The summed E-state index contributed by atoms with van der Waals surface area (Å²) in [6.45, 7) is 9.37. The smallest absolute Gasteiger partial charge is 0.0208 e. The Balaban J connectivity index is 1.81. The third-order valence-electron chi connectivity index (χ3n) is 3.71. The van der Waals surface area contributed by atoms with Gasteiger partial charge in [0.25, 0.3) is 0 Å². The van der Waals surface area contributed by atoms with Crippen LogP contribution in [0.4, 0.5) is 0 Å². The highest BCUT2D eigenvalue weighted by Crippen LogP contribution is 2.17. The van der Waals surface area contributed by atoms with Gasteiger partial charge in [-0.2, -0.15) is 0 Å². The molecule has 2 atom stereocenters. The average Bonchev–Trinajstić information content (AvgIpc) is 2.37. The average molecular weight is 246 g/mol. The molecule has 2 unspecified atom stereocenters. The second-order valence-electron chi connectivity index (χ2n) is 5.66. The van der Waals surface area contributed by atoms with E-state index in [0.717, 1.165) is 12.5 Å². The van der Waals surface area contributed by atoms with Crippen molar-refractivity contribution in [2.45, 2.75) is 39.3 Å². The molecule has 0 radical (unpaired) electrons. The first-order valence-electron chi connectivity index (χ1n) is 7.27. The summed E-state index contributed by atoms with van der Waals surface area (Å²) in [5, 5.41) is 3.72. The standard InChI is InChI=1S/C16H26N2/c1-3-9-18-12-14(2)10-16(13-18)17-11-15-7-5-4-6-8-15/h4-8,14,16-17H,3,9-13H2,1-2H3. The normalized spacial score (nSPS) is 25.2. The van der Waals surface area contributed by atoms with Gasteiger partial charge < -0.3 is 10.2 Å². The van der Waals surface area contributed by atoms with Crippen molar-refractivity contribution in [2.24, 2.45) is 5.92 Å². The maximum atomic E-state index is 3.72. The summed E-state index contributed by atoms with van der Waals surface area (Å²) in [7, 11) is 0. The van der Waals surface area contributed by atoms with Crippen molar-refractivity contribution in [3.63, 3.8) is 0 Å². The third kappa shape index (κ3) is 4.11. The van der Waals surface area contributed by atoms with Crippen molar-refractivity contribution in [1.29, 1.82) is 0 Å². The van der Waals surface area contributed by atoms with Crippen molar-refractivity contribution in [3.8, 4) is 0 Å². The molecule has 2 rings (SSSR count). The number of likely N-dealkylation sites (tertiary alicyclic amines) is 1. The number of rotatable bonds is 5. The molecule has 2 nitrogen and oxygen atoms in total. The lowest BCUT2D eigenvalue weighted by Gasteiger charge is -2.36. The lowest BCUT2D eigenvalue weighted by Crippen LogP contribution is -2.48. The Labute approximate surface area is 111 Å². The third-order valence-corrected chi connectivity index (χ3v) is 3.71. The zero-order chi connectivity index (χ0) is 12.8. The van der Waals surface area contributed by atoms with Crippen LogP contribution in [0.1, 0.15) is 32.3 Å². The molecule has 1 heterocycles. The summed E-state index contributed by atoms with van der Waals surface area (Å²) in [6, 6.07) is 11.4. The van der Waals surface area contributed by atoms with Gasteiger partial charge in [0, 0.05) is 25.7 Å². The molecule has 100 valence electrons. The molecule has 1 saturated heterocycles. The van der Waals surface area contributed by atoms with Crippen LogP contribution < -0.4 is 5.32 Å². The summed E-state index contributed by atoms with van der Waals surface area (Å²) in [5.41, 5.74) is 1.39. The summed E-state index contributed by atoms with van der Waals surface area (Å²) in [5.74, 6) is 0.818. The Kier molecular flexibility index (Phi) is 5.21. The molecule has 1 N–H and O–H groups in total. The van der Waals surface area contributed by atoms with Crippen molar-refractivity contribution in [2.75, 3.05) is 19.6 Å². The van der Waals surface area contributed by atoms with E-state index in [-0.39, 0.29) is 0 Å². The van der Waals surface area contributed by atoms with Crippen molar-refractivity contribution >= 4 is 0 Å². The Morgan fingerprint density at radius 3 is 2.72 bits per heavy atom. The zero-order valence-corrected chi connectivity index (χ0v) is 11.7. The van der Waals surface area contributed by atoms with E-state index in [1.54, 1.807) is 0 Å². The molecule has 1 aliphatic rings. The first-order chi connectivity index (χ1) is 8.78. The zero-order valence-electron chi connectivity index (χ0n) is 11.7. The van der Waals surface area contributed by atoms with E-state index in [2.05, 4.69) is 54.4 Å². The molecule has 1 aromatic rings. The first-order valence-corrected chi connectivity index (χ1v) is 7.27. The van der Waals surface area contributed by atoms with Gasteiger partial charge in [0.2, 0.25) is 0 Å². The van der Waals surface area contributed by atoms with E-state index in [1.165, 1.54) is 38.0 Å². The molecule has 0 bridgehead atoms. The summed E-state index contributed by atoms with van der Waals surface area (Å²) in [6.07, 6.45) is 2.57. The number of piperidine rings is 1. The lowest BCUT2D eigenvalue weighted by atomic mass is 9.95. The molecule has 0 aromatic heterocycles. The minimum Gasteiger partial charge on any atom is -0.309 e. The van der Waals surface area contributed by atoms with Crippen LogP contribution in [0.3, 0.4) is 0 Å². The van der Waals surface area contributed by atoms with Gasteiger partial charge in [-0.1, -0.05) is 44.2 Å². The van der Waals surface area contributed by atoms with E-state index >= 15 is 0 Å². The van der Waals surface area contributed by atoms with Crippen LogP contribution >= 0.6 is 0 Å². The summed E-state index contributed by atoms with van der Waals surface area (Å²) < 4.78 is 0. The molecule has 0 saturated carbocycles. The van der Waals surface area contributed by atoms with Crippen LogP contribution in [0.2, 0.25) is 0 Å². The van der Waals surface area contributed by atoms with Gasteiger partial charge in [0.15, 0.2) is 0 Å². The van der Waals surface area contributed by atoms with E-state index in [9.17, 15) is 0 Å². The van der Waals surface area contributed by atoms with Gasteiger partial charge in [-0.25, -0.2) is 0 Å². The fraction of sp³-hybridized carbons (Fsp3) is 0.625. The monoisotopic (exact) mass is 246 g/mol. The number of nitrogens with zero attached hydrogens (tertiary/aromatic N) is 1. The van der Waals surface area contributed by atoms with Gasteiger partial charge in [-0.3, -0.25) is 0 Å². The van der Waals surface area contributed by atoms with Crippen LogP contribution in [0.15, 0.2) is 30.3 Å². The number of nitrogens with one attached hydrogen (secondary N) is 1. The number of benzene rings is 1. The van der Waals surface area contributed by atoms with E-state index in [1.807, 2.05) is 0 Å². The quantitative estimate of drug-likeness (QED) is 0.859. The van der Waals surface area contributed by atoms with Crippen molar-refractivity contribution < 1.29 is 0 Å². The number of hydrogen-bond donors (Lipinski definition) is 1. The minimum absolute atomic E-state index is 0.653. The highest BCUT2D eigenvalue weighted by Gasteiger charge is 2.23. The van der Waals surface area contributed by atoms with Crippen LogP contribution in [0.5, 0.6) is 0 Å². The highest BCUT2D eigenvalue weighted by atomic mass is 15.2. The Bertz CT molecular complexity index is 336. The van der Waals surface area contributed by atoms with Crippen molar-refractivity contribution in [3.05, 3.63) is 35.9 Å². The Morgan fingerprint density at radius 1 is 1.22 bits per heavy atom. The first kappa shape index (κ1) is 13.6. The van der Waals surface area contributed by atoms with E-state index < -0.39 is 0 Å². The van der Waals surface area contributed by atoms with Gasteiger partial charge in [-0.05, 0) is 30.9 Å². The Hall–Kier alpha value is -0.860. The fourth-order valence-corrected chi connectivity index (χ4v) is 2.97. The Morgan fingerprint density at radius 2 is 2.00 bits per heavy atom. The second-order valence-corrected chi connectivity index (χ2v) is 5.66. The molecule has 0 amide bonds. The van der Waals surface area contributed by atoms with Crippen molar-refractivity contribution in [1.82, 2.24) is 10.2 Å². The van der Waals surface area contributed by atoms with Crippen LogP contribution in [0.25, 0.3) is 0 Å². The second kappa shape index (κ2) is 6.91. The molecule has 0 aliphatic carbocycles. The molecule has 0 spiro atoms. The highest BCUT2D eigenvalue weighted by molar-refractivity contribution is 5.14. The van der Waals surface area contributed by atoms with Crippen LogP contribution in [-0.4, -0.2) is 30.6 Å². The maximum absolute atomic E-state index is 3.72. The lowest BCUT2D eigenvalue weighted by molar-refractivity contribution is 0.148.